The quantitative estimate of drug-likeness (QED) is 0.648. The zero-order chi connectivity index (χ0) is 19.8. The maximum absolute atomic E-state index is 12.8. The molecule has 3 heterocycles. The first kappa shape index (κ1) is 18.5. The fraction of sp³-hybridized carbons (Fsp3) is 0.273. The van der Waals surface area contributed by atoms with Crippen LogP contribution in [0, 0.1) is 6.92 Å². The number of aryl methyl sites for hydroxylation is 1. The van der Waals surface area contributed by atoms with Gasteiger partial charge < -0.3 is 15.0 Å². The van der Waals surface area contributed by atoms with E-state index in [-0.39, 0.29) is 17.8 Å². The molecule has 1 amide bonds. The summed E-state index contributed by atoms with van der Waals surface area (Å²) in [5.41, 5.74) is 3.42. The summed E-state index contributed by atoms with van der Waals surface area (Å²) in [5, 5.41) is 13.6. The fourth-order valence-electron chi connectivity index (χ4n) is 3.88. The summed E-state index contributed by atoms with van der Waals surface area (Å²) in [6, 6.07) is 9.51. The maximum Gasteiger partial charge on any atom is 0.290 e. The van der Waals surface area contributed by atoms with Gasteiger partial charge in [0.15, 0.2) is 11.5 Å². The number of benzene rings is 1. The minimum Gasteiger partial charge on any atom is -0.503 e. The summed E-state index contributed by atoms with van der Waals surface area (Å²) in [4.78, 5) is 31.2. The number of aliphatic hydroxyl groups is 1. The predicted octanol–water partition coefficient (Wildman–Crippen LogP) is 4.46. The van der Waals surface area contributed by atoms with Crippen LogP contribution < -0.4 is 0 Å². The third-order valence-corrected chi connectivity index (χ3v) is 6.44. The lowest BCUT2D eigenvalue weighted by Crippen LogP contribution is -2.32. The van der Waals surface area contributed by atoms with Crippen LogP contribution in [-0.4, -0.2) is 33.2 Å². The number of thiophene rings is 1. The molecule has 0 fully saturated rings. The lowest BCUT2D eigenvalue weighted by atomic mass is 9.98. The van der Waals surface area contributed by atoms with Gasteiger partial charge >= 0.3 is 0 Å². The van der Waals surface area contributed by atoms with Crippen LogP contribution in [0.15, 0.2) is 53.2 Å². The van der Waals surface area contributed by atoms with Crippen LogP contribution in [0.1, 0.15) is 35.4 Å². The Labute approximate surface area is 167 Å². The van der Waals surface area contributed by atoms with E-state index in [0.717, 1.165) is 26.9 Å². The number of carbonyl (C=O) groups excluding carboxylic acids is 2. The van der Waals surface area contributed by atoms with Crippen LogP contribution in [0.5, 0.6) is 0 Å². The Balaban J connectivity index is 1.68. The van der Waals surface area contributed by atoms with E-state index in [1.54, 1.807) is 11.8 Å². The fourth-order valence-corrected chi connectivity index (χ4v) is 4.92. The monoisotopic (exact) mass is 394 g/mol. The normalized spacial score (nSPS) is 17.1. The molecular formula is C22H22N2O3S. The van der Waals surface area contributed by atoms with E-state index in [1.807, 2.05) is 42.8 Å². The van der Waals surface area contributed by atoms with Crippen LogP contribution in [0.3, 0.4) is 0 Å². The van der Waals surface area contributed by atoms with Crippen LogP contribution in [0.4, 0.5) is 0 Å². The highest BCUT2D eigenvalue weighted by molar-refractivity contribution is 7.10. The molecular weight excluding hydrogens is 372 g/mol. The van der Waals surface area contributed by atoms with E-state index in [1.165, 1.54) is 11.3 Å². The van der Waals surface area contributed by atoms with Crippen molar-refractivity contribution in [1.29, 1.82) is 0 Å². The third-order valence-electron chi connectivity index (χ3n) is 5.37. The minimum absolute atomic E-state index is 0.182. The Hall–Kier alpha value is -2.86. The molecule has 5 nitrogen and oxygen atoms in total. The number of nitrogens with zero attached hydrogens (tertiary/aromatic N) is 1. The van der Waals surface area contributed by atoms with Crippen molar-refractivity contribution >= 4 is 33.9 Å². The number of rotatable bonds is 6. The number of ketones is 1. The van der Waals surface area contributed by atoms with Crippen LogP contribution >= 0.6 is 11.3 Å². The van der Waals surface area contributed by atoms with E-state index in [2.05, 4.69) is 11.1 Å². The number of aromatic nitrogens is 1. The Morgan fingerprint density at radius 1 is 1.29 bits per heavy atom. The summed E-state index contributed by atoms with van der Waals surface area (Å²) >= 11 is 1.51. The number of hydrogen-bond acceptors (Lipinski definition) is 4. The predicted molar refractivity (Wildman–Crippen MR) is 110 cm³/mol. The molecule has 0 spiro atoms. The standard InChI is InChI=1S/C22H22N2O3S/c1-3-17(25)18-19(21-13(2)9-11-28-21)24(22(27)20(18)26)10-8-14-12-23-16-7-5-4-6-15(14)16/h4-7,9,11-12,19,23,26H,3,8,10H2,1-2H3. The number of H-pyrrole nitrogens is 1. The second-order valence-electron chi connectivity index (χ2n) is 7.02. The largest absolute Gasteiger partial charge is 0.503 e. The second kappa shape index (κ2) is 7.28. The highest BCUT2D eigenvalue weighted by Gasteiger charge is 2.43. The molecule has 2 N–H and O–H groups in total. The van der Waals surface area contributed by atoms with Gasteiger partial charge in [-0.1, -0.05) is 25.1 Å². The SMILES string of the molecule is CCC(=O)C1=C(O)C(=O)N(CCc2c[nH]c3ccccc23)C1c1sccc1C. The van der Waals surface area contributed by atoms with Crippen LogP contribution in [0.2, 0.25) is 0 Å². The molecule has 1 unspecified atom stereocenters. The lowest BCUT2D eigenvalue weighted by Gasteiger charge is -2.26. The zero-order valence-corrected chi connectivity index (χ0v) is 16.7. The first-order valence-corrected chi connectivity index (χ1v) is 10.3. The van der Waals surface area contributed by atoms with Crippen molar-refractivity contribution in [3.63, 3.8) is 0 Å². The summed E-state index contributed by atoms with van der Waals surface area (Å²) in [5.74, 6) is -1.05. The smallest absolute Gasteiger partial charge is 0.290 e. The molecule has 4 rings (SSSR count). The Morgan fingerprint density at radius 3 is 2.79 bits per heavy atom. The Kier molecular flexibility index (Phi) is 4.81. The van der Waals surface area contributed by atoms with Gasteiger partial charge in [-0.25, -0.2) is 0 Å². The average Bonchev–Trinajstić information content (AvgIpc) is 3.37. The summed E-state index contributed by atoms with van der Waals surface area (Å²) < 4.78 is 0. The number of para-hydroxylation sites is 1. The van der Waals surface area contributed by atoms with E-state index < -0.39 is 17.7 Å². The molecule has 1 atom stereocenters. The van der Waals surface area contributed by atoms with Crippen molar-refractivity contribution in [3.05, 3.63) is 69.2 Å². The van der Waals surface area contributed by atoms with Crippen molar-refractivity contribution in [2.24, 2.45) is 0 Å². The van der Waals surface area contributed by atoms with Crippen molar-refractivity contribution in [2.75, 3.05) is 6.54 Å². The highest BCUT2D eigenvalue weighted by atomic mass is 32.1. The number of nitrogens with one attached hydrogen (secondary N) is 1. The zero-order valence-electron chi connectivity index (χ0n) is 15.9. The van der Waals surface area contributed by atoms with Gasteiger partial charge in [-0.2, -0.15) is 0 Å². The number of aromatic amines is 1. The second-order valence-corrected chi connectivity index (χ2v) is 7.97. The van der Waals surface area contributed by atoms with E-state index in [4.69, 9.17) is 0 Å². The van der Waals surface area contributed by atoms with Crippen molar-refractivity contribution < 1.29 is 14.7 Å². The highest BCUT2D eigenvalue weighted by Crippen LogP contribution is 2.41. The first-order valence-electron chi connectivity index (χ1n) is 9.39. The Morgan fingerprint density at radius 2 is 2.07 bits per heavy atom. The number of aliphatic hydroxyl groups excluding tert-OH is 1. The molecule has 2 aromatic heterocycles. The van der Waals surface area contributed by atoms with Crippen LogP contribution in [-0.2, 0) is 16.0 Å². The van der Waals surface area contributed by atoms with Gasteiger partial charge in [-0.3, -0.25) is 9.59 Å². The number of amides is 1. The molecule has 0 radical (unpaired) electrons. The molecule has 0 bridgehead atoms. The molecule has 144 valence electrons. The van der Waals surface area contributed by atoms with Gasteiger partial charge in [0.05, 0.1) is 11.6 Å². The van der Waals surface area contributed by atoms with Gasteiger partial charge in [0, 0.05) is 34.9 Å². The van der Waals surface area contributed by atoms with Gasteiger partial charge in [0.1, 0.15) is 0 Å². The number of Topliss-reactive ketones (excluding diaryl/α,β-unsaturated/α-hetero) is 1. The van der Waals surface area contributed by atoms with E-state index >= 15 is 0 Å². The molecule has 6 heteroatoms. The summed E-state index contributed by atoms with van der Waals surface area (Å²) in [6.45, 7) is 4.14. The lowest BCUT2D eigenvalue weighted by molar-refractivity contribution is -0.129. The molecule has 0 saturated heterocycles. The molecule has 1 aromatic carbocycles. The van der Waals surface area contributed by atoms with E-state index in [9.17, 15) is 14.7 Å². The van der Waals surface area contributed by atoms with Gasteiger partial charge in [-0.15, -0.1) is 11.3 Å². The van der Waals surface area contributed by atoms with Crippen LogP contribution in [0.25, 0.3) is 10.9 Å². The Bertz CT molecular complexity index is 1090. The molecule has 3 aromatic rings. The van der Waals surface area contributed by atoms with Crippen molar-refractivity contribution in [2.45, 2.75) is 32.7 Å². The molecule has 0 aliphatic carbocycles. The van der Waals surface area contributed by atoms with E-state index in [0.29, 0.717) is 13.0 Å². The molecule has 0 saturated carbocycles. The number of fused-ring (bicyclic) bond motifs is 1. The topological polar surface area (TPSA) is 73.4 Å². The first-order chi connectivity index (χ1) is 13.5. The summed E-state index contributed by atoms with van der Waals surface area (Å²) in [7, 11) is 0. The third kappa shape index (κ3) is 2.94. The molecule has 28 heavy (non-hydrogen) atoms. The number of hydrogen-bond donors (Lipinski definition) is 2. The van der Waals surface area contributed by atoms with Gasteiger partial charge in [-0.05, 0) is 42.0 Å². The van der Waals surface area contributed by atoms with Crippen molar-refractivity contribution in [3.8, 4) is 0 Å². The summed E-state index contributed by atoms with van der Waals surface area (Å²) in [6.07, 6.45) is 2.85. The molecule has 1 aliphatic rings. The van der Waals surface area contributed by atoms with Gasteiger partial charge in [0.2, 0.25) is 0 Å². The van der Waals surface area contributed by atoms with Crippen molar-refractivity contribution in [1.82, 2.24) is 9.88 Å². The minimum atomic E-state index is -0.509. The molecule has 1 aliphatic heterocycles. The average molecular weight is 394 g/mol. The number of carbonyl (C=O) groups is 2. The van der Waals surface area contributed by atoms with Gasteiger partial charge in [0.25, 0.3) is 5.91 Å². The maximum atomic E-state index is 12.8.